The van der Waals surface area contributed by atoms with Gasteiger partial charge in [-0.25, -0.2) is 9.95 Å². The summed E-state index contributed by atoms with van der Waals surface area (Å²) in [7, 11) is 1.62. The van der Waals surface area contributed by atoms with Crippen molar-refractivity contribution in [3.8, 4) is 17.0 Å². The van der Waals surface area contributed by atoms with Gasteiger partial charge >= 0.3 is 5.63 Å². The molecule has 1 aliphatic rings. The molecule has 1 saturated heterocycles. The summed E-state index contributed by atoms with van der Waals surface area (Å²) >= 11 is 0. The molecule has 0 unspecified atom stereocenters. The van der Waals surface area contributed by atoms with E-state index in [9.17, 15) is 4.79 Å². The third-order valence-corrected chi connectivity index (χ3v) is 3.66. The minimum atomic E-state index is -0.313. The van der Waals surface area contributed by atoms with E-state index in [2.05, 4.69) is 10.1 Å². The smallest absolute Gasteiger partial charge is 0.362 e. The molecule has 3 rings (SSSR count). The van der Waals surface area contributed by atoms with Crippen molar-refractivity contribution in [2.24, 2.45) is 0 Å². The third kappa shape index (κ3) is 3.01. The summed E-state index contributed by atoms with van der Waals surface area (Å²) in [5, 5.41) is 2.73. The number of ether oxygens (including phenoxy) is 2. The summed E-state index contributed by atoms with van der Waals surface area (Å²) in [6.45, 7) is 3.62. The molecule has 0 spiro atoms. The molecule has 0 aliphatic carbocycles. The van der Waals surface area contributed by atoms with Gasteiger partial charge in [0.2, 0.25) is 0 Å². The number of aromatic nitrogens is 1. The number of aromatic amines is 1. The highest BCUT2D eigenvalue weighted by molar-refractivity contribution is 5.63. The lowest BCUT2D eigenvalue weighted by Gasteiger charge is -2.25. The van der Waals surface area contributed by atoms with Crippen LogP contribution in [0.4, 0.5) is 0 Å². The second-order valence-corrected chi connectivity index (χ2v) is 4.96. The monoisotopic (exact) mass is 290 g/mol. The van der Waals surface area contributed by atoms with Gasteiger partial charge in [-0.3, -0.25) is 4.90 Å². The number of hydrogen-bond donors (Lipinski definition) is 1. The van der Waals surface area contributed by atoms with Gasteiger partial charge < -0.3 is 14.0 Å². The van der Waals surface area contributed by atoms with Crippen molar-refractivity contribution in [1.82, 2.24) is 10.1 Å². The lowest BCUT2D eigenvalue weighted by Crippen LogP contribution is -2.36. The third-order valence-electron chi connectivity index (χ3n) is 3.66. The molecule has 1 N–H and O–H groups in total. The van der Waals surface area contributed by atoms with Gasteiger partial charge in [0, 0.05) is 25.2 Å². The number of rotatable bonds is 4. The number of morpholine rings is 1. The van der Waals surface area contributed by atoms with Crippen LogP contribution in [0.2, 0.25) is 0 Å². The topological polar surface area (TPSA) is 67.7 Å². The molecular formula is C15H18N2O4. The van der Waals surface area contributed by atoms with Gasteiger partial charge in [0.1, 0.15) is 5.75 Å². The Balaban J connectivity index is 1.86. The first-order chi connectivity index (χ1) is 10.3. The predicted octanol–water partition coefficient (Wildman–Crippen LogP) is 1.48. The molecule has 6 nitrogen and oxygen atoms in total. The number of methoxy groups -OCH3 is 1. The van der Waals surface area contributed by atoms with Crippen LogP contribution in [0.5, 0.6) is 5.75 Å². The molecule has 2 heterocycles. The minimum Gasteiger partial charge on any atom is -0.497 e. The first kappa shape index (κ1) is 13.9. The predicted molar refractivity (Wildman–Crippen MR) is 77.4 cm³/mol. The number of benzene rings is 1. The van der Waals surface area contributed by atoms with Crippen molar-refractivity contribution in [1.29, 1.82) is 0 Å². The van der Waals surface area contributed by atoms with E-state index in [1.54, 1.807) is 7.11 Å². The number of nitrogens with zero attached hydrogens (tertiary/aromatic N) is 1. The fourth-order valence-electron chi connectivity index (χ4n) is 2.44. The van der Waals surface area contributed by atoms with Crippen molar-refractivity contribution in [2.75, 3.05) is 33.4 Å². The molecule has 0 bridgehead atoms. The van der Waals surface area contributed by atoms with Crippen LogP contribution < -0.4 is 10.4 Å². The molecule has 21 heavy (non-hydrogen) atoms. The normalized spacial score (nSPS) is 16.0. The average Bonchev–Trinajstić information content (AvgIpc) is 2.90. The zero-order valence-corrected chi connectivity index (χ0v) is 11.9. The Morgan fingerprint density at radius 2 is 1.95 bits per heavy atom. The Morgan fingerprint density at radius 1 is 1.24 bits per heavy atom. The van der Waals surface area contributed by atoms with E-state index < -0.39 is 0 Å². The fourth-order valence-corrected chi connectivity index (χ4v) is 2.44. The van der Waals surface area contributed by atoms with E-state index in [0.717, 1.165) is 30.1 Å². The van der Waals surface area contributed by atoms with Crippen molar-refractivity contribution in [2.45, 2.75) is 6.54 Å². The van der Waals surface area contributed by atoms with E-state index in [1.807, 2.05) is 24.3 Å². The maximum atomic E-state index is 11.9. The van der Waals surface area contributed by atoms with Crippen molar-refractivity contribution < 1.29 is 14.0 Å². The molecule has 1 fully saturated rings. The maximum Gasteiger partial charge on any atom is 0.362 e. The quantitative estimate of drug-likeness (QED) is 0.923. The lowest BCUT2D eigenvalue weighted by molar-refractivity contribution is 0.0340. The minimum absolute atomic E-state index is 0.313. The number of nitrogens with one attached hydrogen (secondary N) is 1. The summed E-state index contributed by atoms with van der Waals surface area (Å²) in [6.07, 6.45) is 0. The first-order valence-corrected chi connectivity index (χ1v) is 6.93. The van der Waals surface area contributed by atoms with Gasteiger partial charge in [-0.05, 0) is 24.3 Å². The van der Waals surface area contributed by atoms with Gasteiger partial charge in [0.05, 0.1) is 31.6 Å². The van der Waals surface area contributed by atoms with Crippen molar-refractivity contribution >= 4 is 0 Å². The van der Waals surface area contributed by atoms with Crippen LogP contribution in [0.15, 0.2) is 33.6 Å². The summed E-state index contributed by atoms with van der Waals surface area (Å²) in [4.78, 5) is 14.1. The molecule has 1 aromatic carbocycles. The summed E-state index contributed by atoms with van der Waals surface area (Å²) < 4.78 is 15.4. The highest BCUT2D eigenvalue weighted by atomic mass is 16.5. The van der Waals surface area contributed by atoms with Crippen molar-refractivity contribution in [3.05, 3.63) is 40.2 Å². The van der Waals surface area contributed by atoms with E-state index in [4.69, 9.17) is 14.0 Å². The summed E-state index contributed by atoms with van der Waals surface area (Å²) in [6, 6.07) is 7.53. The van der Waals surface area contributed by atoms with Gasteiger partial charge in [-0.2, -0.15) is 0 Å². The standard InChI is InChI=1S/C15H18N2O4/c1-19-12-4-2-11(3-5-12)14-13(15(18)21-16-14)10-17-6-8-20-9-7-17/h2-5,16H,6-10H2,1H3. The molecule has 0 radical (unpaired) electrons. The van der Waals surface area contributed by atoms with Crippen LogP contribution in [-0.4, -0.2) is 43.5 Å². The van der Waals surface area contributed by atoms with Crippen LogP contribution in [0, 0.1) is 0 Å². The van der Waals surface area contributed by atoms with E-state index in [1.165, 1.54) is 0 Å². The zero-order valence-electron chi connectivity index (χ0n) is 11.9. The second-order valence-electron chi connectivity index (χ2n) is 4.96. The van der Waals surface area contributed by atoms with E-state index in [0.29, 0.717) is 25.3 Å². The average molecular weight is 290 g/mol. The van der Waals surface area contributed by atoms with Crippen LogP contribution in [0.1, 0.15) is 5.56 Å². The first-order valence-electron chi connectivity index (χ1n) is 6.93. The largest absolute Gasteiger partial charge is 0.497 e. The fraction of sp³-hybridized carbons (Fsp3) is 0.400. The molecular weight excluding hydrogens is 272 g/mol. The Kier molecular flexibility index (Phi) is 4.08. The molecule has 0 atom stereocenters. The van der Waals surface area contributed by atoms with E-state index in [-0.39, 0.29) is 5.63 Å². The van der Waals surface area contributed by atoms with Crippen molar-refractivity contribution in [3.63, 3.8) is 0 Å². The van der Waals surface area contributed by atoms with Crippen LogP contribution in [-0.2, 0) is 11.3 Å². The van der Waals surface area contributed by atoms with Gasteiger partial charge in [-0.1, -0.05) is 0 Å². The second kappa shape index (κ2) is 6.15. The Bertz CT molecular complexity index is 638. The molecule has 6 heteroatoms. The Morgan fingerprint density at radius 3 is 2.62 bits per heavy atom. The van der Waals surface area contributed by atoms with Crippen LogP contribution >= 0.6 is 0 Å². The van der Waals surface area contributed by atoms with Gasteiger partial charge in [0.25, 0.3) is 0 Å². The molecule has 0 amide bonds. The highest BCUT2D eigenvalue weighted by Crippen LogP contribution is 2.23. The van der Waals surface area contributed by atoms with Gasteiger partial charge in [0.15, 0.2) is 0 Å². The van der Waals surface area contributed by atoms with E-state index >= 15 is 0 Å². The molecule has 0 saturated carbocycles. The molecule has 1 aromatic heterocycles. The van der Waals surface area contributed by atoms with Gasteiger partial charge in [-0.15, -0.1) is 0 Å². The number of H-pyrrole nitrogens is 1. The van der Waals surface area contributed by atoms with Crippen LogP contribution in [0.3, 0.4) is 0 Å². The molecule has 1 aliphatic heterocycles. The van der Waals surface area contributed by atoms with Crippen LogP contribution in [0.25, 0.3) is 11.3 Å². The number of hydrogen-bond acceptors (Lipinski definition) is 5. The summed E-state index contributed by atoms with van der Waals surface area (Å²) in [5.41, 5.74) is 1.98. The summed E-state index contributed by atoms with van der Waals surface area (Å²) in [5.74, 6) is 0.777. The lowest BCUT2D eigenvalue weighted by atomic mass is 10.1. The molecule has 2 aromatic rings. The SMILES string of the molecule is COc1ccc(-c2[nH]oc(=O)c2CN2CCOCC2)cc1. The maximum absolute atomic E-state index is 11.9. The highest BCUT2D eigenvalue weighted by Gasteiger charge is 2.19. The zero-order chi connectivity index (χ0) is 14.7. The Hall–Kier alpha value is -2.05. The Labute approximate surface area is 122 Å². The molecule has 112 valence electrons.